The van der Waals surface area contributed by atoms with Crippen molar-refractivity contribution >= 4 is 23.5 Å². The highest BCUT2D eigenvalue weighted by Crippen LogP contribution is 2.25. The number of hydrogen-bond acceptors (Lipinski definition) is 2. The summed E-state index contributed by atoms with van der Waals surface area (Å²) in [6.45, 7) is 3.26. The molecule has 1 aliphatic heterocycles. The summed E-state index contributed by atoms with van der Waals surface area (Å²) >= 11 is 6.12. The Morgan fingerprint density at radius 1 is 1.24 bits per heavy atom. The molecule has 0 bridgehead atoms. The molecule has 0 aromatic heterocycles. The van der Waals surface area contributed by atoms with Crippen molar-refractivity contribution in [3.8, 4) is 0 Å². The van der Waals surface area contributed by atoms with Gasteiger partial charge in [-0.15, -0.1) is 0 Å². The van der Waals surface area contributed by atoms with Crippen LogP contribution in [0.1, 0.15) is 38.3 Å². The summed E-state index contributed by atoms with van der Waals surface area (Å²) in [4.78, 5) is 25.7. The number of carboxylic acid groups (broad SMARTS) is 1. The van der Waals surface area contributed by atoms with Crippen molar-refractivity contribution in [2.24, 2.45) is 5.92 Å². The van der Waals surface area contributed by atoms with E-state index in [1.807, 2.05) is 24.0 Å². The maximum absolute atomic E-state index is 12.8. The van der Waals surface area contributed by atoms with Gasteiger partial charge in [-0.2, -0.15) is 0 Å². The van der Waals surface area contributed by atoms with E-state index in [-0.39, 0.29) is 5.91 Å². The Morgan fingerprint density at radius 3 is 2.76 bits per heavy atom. The first-order valence-electron chi connectivity index (χ1n) is 8.32. The van der Waals surface area contributed by atoms with Crippen LogP contribution in [0.15, 0.2) is 42.5 Å². The summed E-state index contributed by atoms with van der Waals surface area (Å²) in [7, 11) is 0. The zero-order valence-electron chi connectivity index (χ0n) is 14.0. The number of halogens is 1. The average Bonchev–Trinajstić information content (AvgIpc) is 3.05. The third-order valence-electron chi connectivity index (χ3n) is 4.77. The molecule has 130 valence electrons. The fourth-order valence-electron chi connectivity index (χ4n) is 3.36. The van der Waals surface area contributed by atoms with Crippen LogP contribution in [0.5, 0.6) is 0 Å². The third-order valence-corrected chi connectivity index (χ3v) is 5.18. The maximum atomic E-state index is 12.8. The van der Waals surface area contributed by atoms with Crippen LogP contribution in [0.25, 0.3) is 0 Å². The van der Waals surface area contributed by atoms with Crippen molar-refractivity contribution in [1.82, 2.24) is 4.90 Å². The van der Waals surface area contributed by atoms with Crippen molar-refractivity contribution in [3.05, 3.63) is 69.7 Å². The van der Waals surface area contributed by atoms with Gasteiger partial charge in [0.15, 0.2) is 0 Å². The van der Waals surface area contributed by atoms with Gasteiger partial charge in [0.05, 0.1) is 5.56 Å². The predicted molar refractivity (Wildman–Crippen MR) is 97.3 cm³/mol. The van der Waals surface area contributed by atoms with Crippen molar-refractivity contribution < 1.29 is 14.7 Å². The smallest absolute Gasteiger partial charge is 0.335 e. The lowest BCUT2D eigenvalue weighted by atomic mass is 9.97. The number of benzene rings is 2. The normalized spacial score (nSPS) is 16.9. The molecule has 1 N–H and O–H groups in total. The molecule has 1 atom stereocenters. The zero-order chi connectivity index (χ0) is 18.0. The van der Waals surface area contributed by atoms with Gasteiger partial charge in [-0.05, 0) is 61.1 Å². The van der Waals surface area contributed by atoms with Crippen LogP contribution in [0.3, 0.4) is 0 Å². The van der Waals surface area contributed by atoms with Crippen LogP contribution in [0.2, 0.25) is 5.02 Å². The van der Waals surface area contributed by atoms with E-state index in [0.717, 1.165) is 24.0 Å². The van der Waals surface area contributed by atoms with Gasteiger partial charge in [0, 0.05) is 23.7 Å². The van der Waals surface area contributed by atoms with Crippen molar-refractivity contribution in [3.63, 3.8) is 0 Å². The Morgan fingerprint density at radius 2 is 2.00 bits per heavy atom. The zero-order valence-corrected chi connectivity index (χ0v) is 14.8. The molecule has 0 spiro atoms. The minimum absolute atomic E-state index is 0.0155. The Hall–Kier alpha value is -2.33. The minimum atomic E-state index is -0.915. The second-order valence-electron chi connectivity index (χ2n) is 6.53. The van der Waals surface area contributed by atoms with Gasteiger partial charge < -0.3 is 10.0 Å². The second-order valence-corrected chi connectivity index (χ2v) is 6.94. The Kier molecular flexibility index (Phi) is 5.09. The number of likely N-dealkylation sites (tertiary alicyclic amines) is 1. The summed E-state index contributed by atoms with van der Waals surface area (Å²) in [6.07, 6.45) is 1.70. The van der Waals surface area contributed by atoms with Gasteiger partial charge in [0.2, 0.25) is 0 Å². The molecule has 1 aliphatic rings. The Balaban J connectivity index is 1.67. The first kappa shape index (κ1) is 17.5. The average molecular weight is 358 g/mol. The monoisotopic (exact) mass is 357 g/mol. The van der Waals surface area contributed by atoms with Crippen LogP contribution in [-0.4, -0.2) is 35.0 Å². The van der Waals surface area contributed by atoms with E-state index in [0.29, 0.717) is 35.2 Å². The second kappa shape index (κ2) is 7.28. The van der Waals surface area contributed by atoms with Gasteiger partial charge in [-0.25, -0.2) is 4.79 Å². The van der Waals surface area contributed by atoms with E-state index in [1.54, 1.807) is 30.3 Å². The summed E-state index contributed by atoms with van der Waals surface area (Å²) in [5, 5.41) is 9.70. The molecule has 1 fully saturated rings. The fourth-order valence-corrected chi connectivity index (χ4v) is 3.53. The topological polar surface area (TPSA) is 57.6 Å². The van der Waals surface area contributed by atoms with E-state index < -0.39 is 5.97 Å². The van der Waals surface area contributed by atoms with Crippen LogP contribution < -0.4 is 0 Å². The molecule has 2 aromatic carbocycles. The molecule has 4 nitrogen and oxygen atoms in total. The van der Waals surface area contributed by atoms with E-state index >= 15 is 0 Å². The maximum Gasteiger partial charge on any atom is 0.335 e. The van der Waals surface area contributed by atoms with E-state index in [9.17, 15) is 9.59 Å². The number of rotatable bonds is 4. The molecule has 1 heterocycles. The first-order valence-corrected chi connectivity index (χ1v) is 8.70. The molecule has 3 rings (SSSR count). The highest BCUT2D eigenvalue weighted by atomic mass is 35.5. The summed E-state index contributed by atoms with van der Waals surface area (Å²) in [5.74, 6) is -0.559. The number of amides is 1. The Bertz CT molecular complexity index is 818. The van der Waals surface area contributed by atoms with Gasteiger partial charge in [-0.1, -0.05) is 29.8 Å². The lowest BCUT2D eigenvalue weighted by Gasteiger charge is -2.18. The molecule has 5 heteroatoms. The fraction of sp³-hybridized carbons (Fsp3) is 0.300. The lowest BCUT2D eigenvalue weighted by molar-refractivity contribution is 0.0696. The lowest BCUT2D eigenvalue weighted by Crippen LogP contribution is -2.29. The van der Waals surface area contributed by atoms with Crippen molar-refractivity contribution in [2.75, 3.05) is 13.1 Å². The molecule has 1 unspecified atom stereocenters. The van der Waals surface area contributed by atoms with Gasteiger partial charge in [0.25, 0.3) is 5.91 Å². The molecule has 1 amide bonds. The molecule has 1 saturated heterocycles. The number of carbonyl (C=O) groups is 2. The third kappa shape index (κ3) is 3.85. The predicted octanol–water partition coefficient (Wildman–Crippen LogP) is 4.05. The number of hydrogen-bond donors (Lipinski definition) is 1. The highest BCUT2D eigenvalue weighted by molar-refractivity contribution is 6.31. The largest absolute Gasteiger partial charge is 0.478 e. The van der Waals surface area contributed by atoms with Gasteiger partial charge in [0.1, 0.15) is 0 Å². The summed E-state index contributed by atoms with van der Waals surface area (Å²) in [5.41, 5.74) is 2.77. The van der Waals surface area contributed by atoms with Crippen molar-refractivity contribution in [2.45, 2.75) is 19.8 Å². The SMILES string of the molecule is Cc1c(Cl)cccc1C(=O)N1CCC(Cc2cccc(C(=O)O)c2)C1. The molecule has 0 radical (unpaired) electrons. The van der Waals surface area contributed by atoms with E-state index in [1.165, 1.54) is 0 Å². The van der Waals surface area contributed by atoms with Gasteiger partial charge >= 0.3 is 5.97 Å². The molecular weight excluding hydrogens is 338 g/mol. The van der Waals surface area contributed by atoms with E-state index in [4.69, 9.17) is 16.7 Å². The van der Waals surface area contributed by atoms with E-state index in [2.05, 4.69) is 0 Å². The highest BCUT2D eigenvalue weighted by Gasteiger charge is 2.28. The number of carboxylic acids is 1. The minimum Gasteiger partial charge on any atom is -0.478 e. The molecule has 0 aliphatic carbocycles. The Labute approximate surface area is 152 Å². The van der Waals surface area contributed by atoms with Gasteiger partial charge in [-0.3, -0.25) is 4.79 Å². The van der Waals surface area contributed by atoms with Crippen LogP contribution in [0.4, 0.5) is 0 Å². The number of carbonyl (C=O) groups excluding carboxylic acids is 1. The number of nitrogens with zero attached hydrogens (tertiary/aromatic N) is 1. The molecule has 25 heavy (non-hydrogen) atoms. The van der Waals surface area contributed by atoms with Crippen LogP contribution in [-0.2, 0) is 6.42 Å². The van der Waals surface area contributed by atoms with Crippen molar-refractivity contribution in [1.29, 1.82) is 0 Å². The standard InChI is InChI=1S/C20H20ClNO3/c1-13-17(6-3-7-18(13)21)19(23)22-9-8-15(12-22)10-14-4-2-5-16(11-14)20(24)25/h2-7,11,15H,8-10,12H2,1H3,(H,24,25). The first-order chi connectivity index (χ1) is 12.0. The number of aromatic carboxylic acids is 1. The molecular formula is C20H20ClNO3. The van der Waals surface area contributed by atoms with Crippen LogP contribution in [0, 0.1) is 12.8 Å². The van der Waals surface area contributed by atoms with Crippen LogP contribution >= 0.6 is 11.6 Å². The summed E-state index contributed by atoms with van der Waals surface area (Å²) in [6, 6.07) is 12.4. The molecule has 2 aromatic rings. The summed E-state index contributed by atoms with van der Waals surface area (Å²) < 4.78 is 0. The molecule has 0 saturated carbocycles. The quantitative estimate of drug-likeness (QED) is 0.898.